The maximum Gasteiger partial charge on any atom is 0.161 e. The van der Waals surface area contributed by atoms with Gasteiger partial charge in [0.15, 0.2) is 11.5 Å². The lowest BCUT2D eigenvalue weighted by atomic mass is 10.2. The topological polar surface area (TPSA) is 43.4 Å². The van der Waals surface area contributed by atoms with E-state index in [0.29, 0.717) is 0 Å². The number of methoxy groups -OCH3 is 2. The van der Waals surface area contributed by atoms with E-state index < -0.39 is 0 Å². The number of hydrogen-bond donors (Lipinski definition) is 1. The van der Waals surface area contributed by atoms with Crippen molar-refractivity contribution >= 4 is 17.2 Å². The van der Waals surface area contributed by atoms with Gasteiger partial charge in [-0.2, -0.15) is 0 Å². The molecular weight excluding hydrogens is 248 g/mol. The third kappa shape index (κ3) is 1.80. The fourth-order valence-corrected chi connectivity index (χ4v) is 3.08. The minimum absolute atomic E-state index is 0.735. The molecule has 0 spiro atoms. The van der Waals surface area contributed by atoms with Gasteiger partial charge >= 0.3 is 0 Å². The Labute approximate surface area is 110 Å². The highest BCUT2D eigenvalue weighted by atomic mass is 32.1. The largest absolute Gasteiger partial charge is 0.493 e. The monoisotopic (exact) mass is 262 g/mol. The zero-order valence-electron chi connectivity index (χ0n) is 10.3. The van der Waals surface area contributed by atoms with Gasteiger partial charge in [-0.05, 0) is 18.2 Å². The summed E-state index contributed by atoms with van der Waals surface area (Å²) in [5.41, 5.74) is 1.06. The second kappa shape index (κ2) is 4.49. The molecule has 3 rings (SSSR count). The number of ether oxygens (including phenoxy) is 2. The van der Waals surface area contributed by atoms with Gasteiger partial charge in [0.05, 0.1) is 19.1 Å². The molecule has 0 atom stereocenters. The molecular formula is C13H14N2O2S. The number of rotatable bonds is 3. The van der Waals surface area contributed by atoms with Crippen LogP contribution in [-0.4, -0.2) is 25.7 Å². The third-order valence-corrected chi connectivity index (χ3v) is 4.14. The molecule has 0 amide bonds. The molecule has 4 nitrogen and oxygen atoms in total. The Bertz CT molecular complexity index is 559. The summed E-state index contributed by atoms with van der Waals surface area (Å²) in [4.78, 5) is 5.94. The standard InChI is InChI=1S/C13H14N2O2S/c1-16-9-4-3-8(7-10(9)17-2)13-15-12-11(18-13)5-6-14-12/h3-4,7,14H,5-6H2,1-2H3. The van der Waals surface area contributed by atoms with Crippen LogP contribution in [0.1, 0.15) is 4.88 Å². The molecule has 2 aromatic rings. The summed E-state index contributed by atoms with van der Waals surface area (Å²) in [6, 6.07) is 5.89. The van der Waals surface area contributed by atoms with Crippen LogP contribution in [0.25, 0.3) is 10.6 Å². The van der Waals surface area contributed by atoms with Crippen molar-refractivity contribution in [2.75, 3.05) is 26.1 Å². The van der Waals surface area contributed by atoms with Crippen molar-refractivity contribution in [1.29, 1.82) is 0 Å². The second-order valence-corrected chi connectivity index (χ2v) is 5.12. The van der Waals surface area contributed by atoms with Crippen LogP contribution in [0.3, 0.4) is 0 Å². The normalized spacial score (nSPS) is 13.0. The second-order valence-electron chi connectivity index (χ2n) is 4.04. The Balaban J connectivity index is 2.00. The van der Waals surface area contributed by atoms with Gasteiger partial charge < -0.3 is 14.8 Å². The third-order valence-electron chi connectivity index (χ3n) is 2.97. The molecule has 1 N–H and O–H groups in total. The summed E-state index contributed by atoms with van der Waals surface area (Å²) >= 11 is 1.74. The lowest BCUT2D eigenvalue weighted by Crippen LogP contribution is -1.94. The van der Waals surface area contributed by atoms with Crippen molar-refractivity contribution in [2.45, 2.75) is 6.42 Å². The SMILES string of the molecule is COc1ccc(-c2nc3c(s2)CCN3)cc1OC. The maximum atomic E-state index is 5.31. The number of aromatic nitrogens is 1. The first-order valence-corrected chi connectivity index (χ1v) is 6.59. The lowest BCUT2D eigenvalue weighted by Gasteiger charge is -2.08. The number of benzene rings is 1. The van der Waals surface area contributed by atoms with Crippen molar-refractivity contribution in [1.82, 2.24) is 4.98 Å². The van der Waals surface area contributed by atoms with Crippen molar-refractivity contribution in [3.05, 3.63) is 23.1 Å². The zero-order valence-corrected chi connectivity index (χ0v) is 11.1. The molecule has 0 bridgehead atoms. The number of fused-ring (bicyclic) bond motifs is 1. The number of nitrogens with zero attached hydrogens (tertiary/aromatic N) is 1. The van der Waals surface area contributed by atoms with Crippen molar-refractivity contribution in [3.63, 3.8) is 0 Å². The van der Waals surface area contributed by atoms with E-state index in [1.807, 2.05) is 18.2 Å². The summed E-state index contributed by atoms with van der Waals surface area (Å²) in [6.07, 6.45) is 1.07. The average molecular weight is 262 g/mol. The molecule has 0 unspecified atom stereocenters. The van der Waals surface area contributed by atoms with Crippen LogP contribution < -0.4 is 14.8 Å². The van der Waals surface area contributed by atoms with Crippen molar-refractivity contribution in [3.8, 4) is 22.1 Å². The van der Waals surface area contributed by atoms with Crippen molar-refractivity contribution in [2.24, 2.45) is 0 Å². The highest BCUT2D eigenvalue weighted by molar-refractivity contribution is 7.15. The van der Waals surface area contributed by atoms with Gasteiger partial charge in [-0.15, -0.1) is 11.3 Å². The van der Waals surface area contributed by atoms with E-state index in [4.69, 9.17) is 9.47 Å². The van der Waals surface area contributed by atoms with Gasteiger partial charge in [0.1, 0.15) is 10.8 Å². The first-order chi connectivity index (χ1) is 8.81. The van der Waals surface area contributed by atoms with Crippen molar-refractivity contribution < 1.29 is 9.47 Å². The van der Waals surface area contributed by atoms with Gasteiger partial charge in [-0.25, -0.2) is 4.98 Å². The lowest BCUT2D eigenvalue weighted by molar-refractivity contribution is 0.355. The fraction of sp³-hybridized carbons (Fsp3) is 0.308. The van der Waals surface area contributed by atoms with E-state index in [1.54, 1.807) is 25.6 Å². The Morgan fingerprint density at radius 2 is 2.06 bits per heavy atom. The van der Waals surface area contributed by atoms with Gasteiger partial charge in [0.2, 0.25) is 0 Å². The Morgan fingerprint density at radius 3 is 2.78 bits per heavy atom. The zero-order chi connectivity index (χ0) is 12.5. The molecule has 1 aromatic heterocycles. The Kier molecular flexibility index (Phi) is 2.83. The van der Waals surface area contributed by atoms with E-state index in [0.717, 1.165) is 40.9 Å². The molecule has 0 fully saturated rings. The summed E-state index contributed by atoms with van der Waals surface area (Å²) in [7, 11) is 3.28. The summed E-state index contributed by atoms with van der Waals surface area (Å²) < 4.78 is 10.5. The smallest absolute Gasteiger partial charge is 0.161 e. The predicted octanol–water partition coefficient (Wildman–Crippen LogP) is 2.80. The van der Waals surface area contributed by atoms with E-state index in [2.05, 4.69) is 10.3 Å². The first-order valence-electron chi connectivity index (χ1n) is 5.78. The van der Waals surface area contributed by atoms with E-state index in [9.17, 15) is 0 Å². The molecule has 2 heterocycles. The summed E-state index contributed by atoms with van der Waals surface area (Å²) in [5.74, 6) is 2.51. The van der Waals surface area contributed by atoms with Crippen LogP contribution in [0.2, 0.25) is 0 Å². The minimum atomic E-state index is 0.735. The first kappa shape index (κ1) is 11.3. The Morgan fingerprint density at radius 1 is 1.22 bits per heavy atom. The van der Waals surface area contributed by atoms with Crippen LogP contribution in [0.4, 0.5) is 5.82 Å². The number of anilines is 1. The van der Waals surface area contributed by atoms with E-state index in [1.165, 1.54) is 4.88 Å². The summed E-state index contributed by atoms with van der Waals surface area (Å²) in [5, 5.41) is 4.31. The quantitative estimate of drug-likeness (QED) is 0.923. The van der Waals surface area contributed by atoms with Crippen LogP contribution in [0, 0.1) is 0 Å². The molecule has 18 heavy (non-hydrogen) atoms. The van der Waals surface area contributed by atoms with E-state index in [-0.39, 0.29) is 0 Å². The molecule has 0 saturated heterocycles. The van der Waals surface area contributed by atoms with Crippen LogP contribution in [0.5, 0.6) is 11.5 Å². The average Bonchev–Trinajstić information content (AvgIpc) is 2.98. The van der Waals surface area contributed by atoms with Crippen LogP contribution in [-0.2, 0) is 6.42 Å². The van der Waals surface area contributed by atoms with Gasteiger partial charge in [-0.1, -0.05) is 0 Å². The summed E-state index contributed by atoms with van der Waals surface area (Å²) in [6.45, 7) is 1.00. The van der Waals surface area contributed by atoms with E-state index >= 15 is 0 Å². The van der Waals surface area contributed by atoms with Crippen LogP contribution in [0.15, 0.2) is 18.2 Å². The molecule has 1 aliphatic rings. The minimum Gasteiger partial charge on any atom is -0.493 e. The molecule has 5 heteroatoms. The predicted molar refractivity (Wildman–Crippen MR) is 72.8 cm³/mol. The maximum absolute atomic E-state index is 5.31. The number of nitrogens with one attached hydrogen (secondary N) is 1. The molecule has 1 aromatic carbocycles. The van der Waals surface area contributed by atoms with Gasteiger partial charge in [0.25, 0.3) is 0 Å². The number of hydrogen-bond acceptors (Lipinski definition) is 5. The molecule has 1 aliphatic heterocycles. The van der Waals surface area contributed by atoms with Gasteiger partial charge in [0, 0.05) is 18.5 Å². The van der Waals surface area contributed by atoms with Crippen LogP contribution >= 0.6 is 11.3 Å². The molecule has 0 aliphatic carbocycles. The van der Waals surface area contributed by atoms with Gasteiger partial charge in [-0.3, -0.25) is 0 Å². The number of thiazole rings is 1. The highest BCUT2D eigenvalue weighted by Gasteiger charge is 2.17. The highest BCUT2D eigenvalue weighted by Crippen LogP contribution is 2.37. The Hall–Kier alpha value is -1.75. The molecule has 94 valence electrons. The molecule has 0 saturated carbocycles. The molecule has 0 radical (unpaired) electrons. The fourth-order valence-electron chi connectivity index (χ4n) is 2.05.